The van der Waals surface area contributed by atoms with Crippen molar-refractivity contribution in [3.05, 3.63) is 35.9 Å². The molecule has 7 nitrogen and oxygen atoms in total. The van der Waals surface area contributed by atoms with Gasteiger partial charge in [0, 0.05) is 13.3 Å². The highest BCUT2D eigenvalue weighted by Gasteiger charge is 2.41. The number of ether oxygens (including phenoxy) is 2. The SMILES string of the molecule is CC(=O)OCC(=O)[C@@H]1CCC(=O)N1C(=O)OCc1ccccc1. The third-order valence-corrected chi connectivity index (χ3v) is 3.40. The summed E-state index contributed by atoms with van der Waals surface area (Å²) in [6.45, 7) is 0.725. The van der Waals surface area contributed by atoms with Gasteiger partial charge in [-0.15, -0.1) is 0 Å². The number of carbonyl (C=O) groups is 4. The Bertz CT molecular complexity index is 612. The predicted molar refractivity (Wildman–Crippen MR) is 78.1 cm³/mol. The maximum atomic E-state index is 12.1. The second-order valence-electron chi connectivity index (χ2n) is 5.10. The van der Waals surface area contributed by atoms with E-state index in [-0.39, 0.29) is 19.4 Å². The molecule has 2 amide bonds. The van der Waals surface area contributed by atoms with Crippen molar-refractivity contribution in [3.63, 3.8) is 0 Å². The van der Waals surface area contributed by atoms with Gasteiger partial charge in [-0.25, -0.2) is 9.69 Å². The van der Waals surface area contributed by atoms with E-state index in [4.69, 9.17) is 4.74 Å². The lowest BCUT2D eigenvalue weighted by Crippen LogP contribution is -2.44. The van der Waals surface area contributed by atoms with Crippen LogP contribution >= 0.6 is 0 Å². The first-order valence-corrected chi connectivity index (χ1v) is 7.18. The van der Waals surface area contributed by atoms with Crippen molar-refractivity contribution in [2.75, 3.05) is 6.61 Å². The minimum Gasteiger partial charge on any atom is -0.458 e. The molecule has 7 heteroatoms. The fourth-order valence-corrected chi connectivity index (χ4v) is 2.28. The monoisotopic (exact) mass is 319 g/mol. The molecule has 1 saturated heterocycles. The van der Waals surface area contributed by atoms with E-state index in [0.29, 0.717) is 0 Å². The van der Waals surface area contributed by atoms with E-state index in [0.717, 1.165) is 10.5 Å². The highest BCUT2D eigenvalue weighted by Crippen LogP contribution is 2.21. The fourth-order valence-electron chi connectivity index (χ4n) is 2.28. The van der Waals surface area contributed by atoms with Gasteiger partial charge in [0.2, 0.25) is 5.91 Å². The lowest BCUT2D eigenvalue weighted by molar-refractivity contribution is -0.147. The van der Waals surface area contributed by atoms with E-state index in [1.54, 1.807) is 24.3 Å². The normalized spacial score (nSPS) is 17.0. The van der Waals surface area contributed by atoms with Crippen LogP contribution in [0.4, 0.5) is 4.79 Å². The summed E-state index contributed by atoms with van der Waals surface area (Å²) < 4.78 is 9.72. The van der Waals surface area contributed by atoms with Gasteiger partial charge in [-0.1, -0.05) is 30.3 Å². The van der Waals surface area contributed by atoms with Crippen LogP contribution in [0.1, 0.15) is 25.3 Å². The van der Waals surface area contributed by atoms with Gasteiger partial charge in [0.15, 0.2) is 12.4 Å². The van der Waals surface area contributed by atoms with E-state index in [1.807, 2.05) is 6.07 Å². The summed E-state index contributed by atoms with van der Waals surface area (Å²) in [6, 6.07) is 8.06. The molecule has 1 heterocycles. The Labute approximate surface area is 133 Å². The minimum atomic E-state index is -0.940. The number of ketones is 1. The molecule has 23 heavy (non-hydrogen) atoms. The first-order chi connectivity index (χ1) is 11.0. The van der Waals surface area contributed by atoms with Gasteiger partial charge in [0.25, 0.3) is 0 Å². The average molecular weight is 319 g/mol. The lowest BCUT2D eigenvalue weighted by Gasteiger charge is -2.21. The number of rotatable bonds is 5. The minimum absolute atomic E-state index is 0.00824. The second kappa shape index (κ2) is 7.53. The number of hydrogen-bond acceptors (Lipinski definition) is 6. The highest BCUT2D eigenvalue weighted by molar-refractivity contribution is 6.01. The average Bonchev–Trinajstić information content (AvgIpc) is 2.93. The molecule has 1 aromatic rings. The van der Waals surface area contributed by atoms with E-state index >= 15 is 0 Å². The van der Waals surface area contributed by atoms with Gasteiger partial charge in [-0.2, -0.15) is 0 Å². The Hall–Kier alpha value is -2.70. The van der Waals surface area contributed by atoms with Crippen LogP contribution in [0.15, 0.2) is 30.3 Å². The van der Waals surface area contributed by atoms with Crippen LogP contribution < -0.4 is 0 Å². The van der Waals surface area contributed by atoms with E-state index in [9.17, 15) is 19.2 Å². The molecule has 0 aliphatic carbocycles. The summed E-state index contributed by atoms with van der Waals surface area (Å²) in [7, 11) is 0. The molecule has 0 unspecified atom stereocenters. The van der Waals surface area contributed by atoms with Crippen LogP contribution in [0.2, 0.25) is 0 Å². The van der Waals surface area contributed by atoms with Crippen molar-refractivity contribution in [2.45, 2.75) is 32.4 Å². The van der Waals surface area contributed by atoms with Crippen molar-refractivity contribution in [3.8, 4) is 0 Å². The Morgan fingerprint density at radius 1 is 1.17 bits per heavy atom. The van der Waals surface area contributed by atoms with Crippen LogP contribution in [0.5, 0.6) is 0 Å². The number of benzene rings is 1. The topological polar surface area (TPSA) is 90.0 Å². The van der Waals surface area contributed by atoms with Crippen LogP contribution in [-0.4, -0.2) is 41.3 Å². The van der Waals surface area contributed by atoms with E-state index < -0.39 is 36.4 Å². The highest BCUT2D eigenvalue weighted by atomic mass is 16.6. The lowest BCUT2D eigenvalue weighted by atomic mass is 10.1. The molecule has 122 valence electrons. The number of Topliss-reactive ketones (excluding diaryl/α,β-unsaturated/α-hetero) is 1. The quantitative estimate of drug-likeness (QED) is 0.763. The molecule has 1 aliphatic rings. The molecular weight excluding hydrogens is 302 g/mol. The van der Waals surface area contributed by atoms with Gasteiger partial charge in [-0.3, -0.25) is 14.4 Å². The molecule has 2 rings (SSSR count). The summed E-state index contributed by atoms with van der Waals surface area (Å²) >= 11 is 0. The molecule has 0 aromatic heterocycles. The number of amides is 2. The zero-order valence-corrected chi connectivity index (χ0v) is 12.7. The molecule has 0 radical (unpaired) electrons. The summed E-state index contributed by atoms with van der Waals surface area (Å²) in [5, 5.41) is 0. The Kier molecular flexibility index (Phi) is 5.46. The van der Waals surface area contributed by atoms with Crippen LogP contribution in [0.3, 0.4) is 0 Å². The number of nitrogens with zero attached hydrogens (tertiary/aromatic N) is 1. The van der Waals surface area contributed by atoms with Crippen LogP contribution in [0.25, 0.3) is 0 Å². The van der Waals surface area contributed by atoms with Crippen molar-refractivity contribution in [2.24, 2.45) is 0 Å². The molecule has 1 fully saturated rings. The molecule has 0 spiro atoms. The standard InChI is InChI=1S/C16H17NO6/c1-11(18)22-10-14(19)13-7-8-15(20)17(13)16(21)23-9-12-5-3-2-4-6-12/h2-6,13H,7-10H2,1H3/t13-/m0/s1. The van der Waals surface area contributed by atoms with Gasteiger partial charge >= 0.3 is 12.1 Å². The van der Waals surface area contributed by atoms with E-state index in [2.05, 4.69) is 4.74 Å². The summed E-state index contributed by atoms with van der Waals surface area (Å²) in [5.41, 5.74) is 0.773. The Balaban J connectivity index is 1.96. The Morgan fingerprint density at radius 3 is 2.52 bits per heavy atom. The smallest absolute Gasteiger partial charge is 0.417 e. The summed E-state index contributed by atoms with van der Waals surface area (Å²) in [5.74, 6) is -1.56. The zero-order valence-electron chi connectivity index (χ0n) is 12.7. The molecule has 1 aromatic carbocycles. The first kappa shape index (κ1) is 16.7. The van der Waals surface area contributed by atoms with Gasteiger partial charge < -0.3 is 9.47 Å². The van der Waals surface area contributed by atoms with Gasteiger partial charge in [0.1, 0.15) is 12.6 Å². The fraction of sp³-hybridized carbons (Fsp3) is 0.375. The second-order valence-corrected chi connectivity index (χ2v) is 5.10. The number of hydrogen-bond donors (Lipinski definition) is 0. The predicted octanol–water partition coefficient (Wildman–Crippen LogP) is 1.45. The largest absolute Gasteiger partial charge is 0.458 e. The maximum absolute atomic E-state index is 12.1. The molecule has 0 bridgehead atoms. The third-order valence-electron chi connectivity index (χ3n) is 3.40. The molecular formula is C16H17NO6. The van der Waals surface area contributed by atoms with Crippen LogP contribution in [-0.2, 0) is 30.5 Å². The third kappa shape index (κ3) is 4.38. The number of likely N-dealkylation sites (tertiary alicyclic amines) is 1. The maximum Gasteiger partial charge on any atom is 0.417 e. The molecule has 1 atom stereocenters. The van der Waals surface area contributed by atoms with Crippen molar-refractivity contribution in [1.82, 2.24) is 4.90 Å². The van der Waals surface area contributed by atoms with E-state index in [1.165, 1.54) is 6.92 Å². The van der Waals surface area contributed by atoms with Crippen molar-refractivity contribution >= 4 is 23.8 Å². The number of esters is 1. The Morgan fingerprint density at radius 2 is 1.87 bits per heavy atom. The molecule has 0 N–H and O–H groups in total. The van der Waals surface area contributed by atoms with Crippen molar-refractivity contribution < 1.29 is 28.7 Å². The van der Waals surface area contributed by atoms with Crippen molar-refractivity contribution in [1.29, 1.82) is 0 Å². The molecule has 1 aliphatic heterocycles. The summed E-state index contributed by atoms with van der Waals surface area (Å²) in [4.78, 5) is 47.5. The molecule has 0 saturated carbocycles. The summed E-state index contributed by atoms with van der Waals surface area (Å²) in [6.07, 6.45) is -0.575. The number of carbonyl (C=O) groups excluding carboxylic acids is 4. The van der Waals surface area contributed by atoms with Gasteiger partial charge in [-0.05, 0) is 12.0 Å². The number of imide groups is 1. The first-order valence-electron chi connectivity index (χ1n) is 7.18. The van der Waals surface area contributed by atoms with Gasteiger partial charge in [0.05, 0.1) is 0 Å². The zero-order chi connectivity index (χ0) is 16.8. The van der Waals surface area contributed by atoms with Crippen LogP contribution in [0, 0.1) is 0 Å².